The van der Waals surface area contributed by atoms with Gasteiger partial charge in [0, 0.05) is 11.6 Å². The SMILES string of the molecule is CC1(C)Oc2ccc(C#N)cc2[C@@H](NC2=CC(=O)OC2)[C@@H]1O. The molecule has 2 N–H and O–H groups in total. The fourth-order valence-electron chi connectivity index (χ4n) is 2.68. The van der Waals surface area contributed by atoms with Crippen molar-refractivity contribution in [3.63, 3.8) is 0 Å². The third-order valence-corrected chi connectivity index (χ3v) is 3.88. The maximum absolute atomic E-state index is 11.2. The van der Waals surface area contributed by atoms with Crippen LogP contribution in [-0.2, 0) is 9.53 Å². The van der Waals surface area contributed by atoms with Gasteiger partial charge in [-0.25, -0.2) is 4.79 Å². The summed E-state index contributed by atoms with van der Waals surface area (Å²) in [7, 11) is 0. The van der Waals surface area contributed by atoms with Crippen LogP contribution in [0.2, 0.25) is 0 Å². The maximum Gasteiger partial charge on any atom is 0.333 e. The van der Waals surface area contributed by atoms with E-state index in [1.807, 2.05) is 0 Å². The number of cyclic esters (lactones) is 1. The summed E-state index contributed by atoms with van der Waals surface area (Å²) in [4.78, 5) is 11.2. The summed E-state index contributed by atoms with van der Waals surface area (Å²) in [6.45, 7) is 3.73. The van der Waals surface area contributed by atoms with Crippen molar-refractivity contribution in [1.29, 1.82) is 5.26 Å². The topological polar surface area (TPSA) is 91.6 Å². The molecule has 0 bridgehead atoms. The second-order valence-corrected chi connectivity index (χ2v) is 5.91. The van der Waals surface area contributed by atoms with Gasteiger partial charge in [-0.2, -0.15) is 5.26 Å². The number of aliphatic hydroxyl groups excluding tert-OH is 1. The van der Waals surface area contributed by atoms with E-state index >= 15 is 0 Å². The molecule has 2 atom stereocenters. The summed E-state index contributed by atoms with van der Waals surface area (Å²) in [6.07, 6.45) is 0.508. The van der Waals surface area contributed by atoms with Crippen LogP contribution in [0.25, 0.3) is 0 Å². The predicted octanol–water partition coefficient (Wildman–Crippen LogP) is 1.16. The summed E-state index contributed by atoms with van der Waals surface area (Å²) in [5.74, 6) is 0.201. The summed E-state index contributed by atoms with van der Waals surface area (Å²) in [6, 6.07) is 6.66. The summed E-state index contributed by atoms with van der Waals surface area (Å²) in [5.41, 5.74) is 0.961. The number of carbonyl (C=O) groups is 1. The predicted molar refractivity (Wildman–Crippen MR) is 76.8 cm³/mol. The van der Waals surface area contributed by atoms with Gasteiger partial charge < -0.3 is 19.9 Å². The highest BCUT2D eigenvalue weighted by molar-refractivity contribution is 5.85. The minimum absolute atomic E-state index is 0.149. The van der Waals surface area contributed by atoms with Crippen molar-refractivity contribution in [2.75, 3.05) is 6.61 Å². The van der Waals surface area contributed by atoms with Gasteiger partial charge in [0.1, 0.15) is 24.1 Å². The van der Waals surface area contributed by atoms with Crippen molar-refractivity contribution < 1.29 is 19.4 Å². The van der Waals surface area contributed by atoms with Crippen LogP contribution in [-0.4, -0.2) is 29.4 Å². The van der Waals surface area contributed by atoms with E-state index in [-0.39, 0.29) is 6.61 Å². The van der Waals surface area contributed by atoms with Crippen LogP contribution < -0.4 is 10.1 Å². The van der Waals surface area contributed by atoms with E-state index in [1.54, 1.807) is 32.0 Å². The molecular weight excluding hydrogens is 284 g/mol. The highest BCUT2D eigenvalue weighted by Crippen LogP contribution is 2.40. The molecule has 6 heteroatoms. The lowest BCUT2D eigenvalue weighted by Gasteiger charge is -2.42. The van der Waals surface area contributed by atoms with Gasteiger partial charge in [0.2, 0.25) is 0 Å². The molecule has 2 aliphatic rings. The maximum atomic E-state index is 11.2. The van der Waals surface area contributed by atoms with Gasteiger partial charge >= 0.3 is 5.97 Å². The molecule has 0 radical (unpaired) electrons. The third kappa shape index (κ3) is 2.40. The Kier molecular flexibility index (Phi) is 3.30. The van der Waals surface area contributed by atoms with Crippen molar-refractivity contribution in [2.24, 2.45) is 0 Å². The van der Waals surface area contributed by atoms with E-state index in [0.29, 0.717) is 22.6 Å². The highest BCUT2D eigenvalue weighted by atomic mass is 16.5. The number of nitrogens with zero attached hydrogens (tertiary/aromatic N) is 1. The second kappa shape index (κ2) is 5.04. The molecule has 22 heavy (non-hydrogen) atoms. The van der Waals surface area contributed by atoms with Crippen LogP contribution in [0.4, 0.5) is 0 Å². The number of fused-ring (bicyclic) bond motifs is 1. The number of hydrogen-bond donors (Lipinski definition) is 2. The van der Waals surface area contributed by atoms with Gasteiger partial charge in [-0.15, -0.1) is 0 Å². The molecule has 0 amide bonds. The van der Waals surface area contributed by atoms with E-state index in [0.717, 1.165) is 0 Å². The molecular formula is C16H16N2O4. The quantitative estimate of drug-likeness (QED) is 0.796. The van der Waals surface area contributed by atoms with E-state index in [9.17, 15) is 9.90 Å². The van der Waals surface area contributed by atoms with Gasteiger partial charge in [0.25, 0.3) is 0 Å². The number of nitrogens with one attached hydrogen (secondary N) is 1. The normalized spacial score (nSPS) is 25.4. The van der Waals surface area contributed by atoms with Crippen molar-refractivity contribution in [3.8, 4) is 11.8 Å². The summed E-state index contributed by atoms with van der Waals surface area (Å²) < 4.78 is 10.7. The van der Waals surface area contributed by atoms with Crippen molar-refractivity contribution in [1.82, 2.24) is 5.32 Å². The smallest absolute Gasteiger partial charge is 0.333 e. The Labute approximate surface area is 128 Å². The molecule has 0 aromatic heterocycles. The van der Waals surface area contributed by atoms with Crippen LogP contribution in [0.1, 0.15) is 31.0 Å². The highest BCUT2D eigenvalue weighted by Gasteiger charge is 2.43. The number of rotatable bonds is 2. The number of nitriles is 1. The molecule has 3 rings (SSSR count). The molecule has 1 aromatic rings. The van der Waals surface area contributed by atoms with E-state index in [4.69, 9.17) is 14.7 Å². The van der Waals surface area contributed by atoms with Crippen LogP contribution in [0.15, 0.2) is 30.0 Å². The lowest BCUT2D eigenvalue weighted by atomic mass is 9.86. The minimum atomic E-state index is -0.856. The average Bonchev–Trinajstić information content (AvgIpc) is 2.88. The summed E-state index contributed by atoms with van der Waals surface area (Å²) in [5, 5.41) is 22.8. The second-order valence-electron chi connectivity index (χ2n) is 5.91. The zero-order valence-corrected chi connectivity index (χ0v) is 12.3. The van der Waals surface area contributed by atoms with Crippen LogP contribution in [0.5, 0.6) is 5.75 Å². The molecule has 0 aliphatic carbocycles. The first kappa shape index (κ1) is 14.4. The lowest BCUT2D eigenvalue weighted by molar-refractivity contribution is -0.135. The van der Waals surface area contributed by atoms with Gasteiger partial charge in [-0.05, 0) is 32.0 Å². The molecule has 2 aliphatic heterocycles. The fourth-order valence-corrected chi connectivity index (χ4v) is 2.68. The van der Waals surface area contributed by atoms with Crippen LogP contribution >= 0.6 is 0 Å². The molecule has 6 nitrogen and oxygen atoms in total. The molecule has 0 saturated carbocycles. The molecule has 1 aromatic carbocycles. The van der Waals surface area contributed by atoms with Crippen molar-refractivity contribution in [2.45, 2.75) is 31.6 Å². The van der Waals surface area contributed by atoms with Gasteiger partial charge in [0.15, 0.2) is 0 Å². The molecule has 114 valence electrons. The van der Waals surface area contributed by atoms with Crippen molar-refractivity contribution >= 4 is 5.97 Å². The molecule has 0 spiro atoms. The Morgan fingerprint density at radius 1 is 1.45 bits per heavy atom. The Morgan fingerprint density at radius 2 is 2.23 bits per heavy atom. The van der Waals surface area contributed by atoms with E-state index in [2.05, 4.69) is 11.4 Å². The Morgan fingerprint density at radius 3 is 2.86 bits per heavy atom. The molecule has 0 fully saturated rings. The number of hydrogen-bond acceptors (Lipinski definition) is 6. The monoisotopic (exact) mass is 300 g/mol. The first-order chi connectivity index (χ1) is 10.4. The number of benzene rings is 1. The molecule has 0 unspecified atom stereocenters. The molecule has 0 saturated heterocycles. The minimum Gasteiger partial charge on any atom is -0.485 e. The summed E-state index contributed by atoms with van der Waals surface area (Å²) >= 11 is 0. The fraction of sp³-hybridized carbons (Fsp3) is 0.375. The number of aliphatic hydroxyl groups is 1. The zero-order chi connectivity index (χ0) is 15.9. The number of ether oxygens (including phenoxy) is 2. The zero-order valence-electron chi connectivity index (χ0n) is 12.3. The van der Waals surface area contributed by atoms with Crippen LogP contribution in [0, 0.1) is 11.3 Å². The molecule has 2 heterocycles. The Bertz CT molecular complexity index is 703. The van der Waals surface area contributed by atoms with Gasteiger partial charge in [-0.3, -0.25) is 0 Å². The van der Waals surface area contributed by atoms with Crippen molar-refractivity contribution in [3.05, 3.63) is 41.1 Å². The first-order valence-electron chi connectivity index (χ1n) is 6.96. The first-order valence-corrected chi connectivity index (χ1v) is 6.96. The van der Waals surface area contributed by atoms with Crippen LogP contribution in [0.3, 0.4) is 0 Å². The Balaban J connectivity index is 2.01. The standard InChI is InChI=1S/C16H16N2O4/c1-16(2)15(20)14(18-10-6-13(19)21-8-10)11-5-9(7-17)3-4-12(11)22-16/h3-6,14-15,18,20H,8H2,1-2H3/t14-,15+/m1/s1. The van der Waals surface area contributed by atoms with Gasteiger partial charge in [0.05, 0.1) is 23.4 Å². The van der Waals surface area contributed by atoms with Gasteiger partial charge in [-0.1, -0.05) is 0 Å². The van der Waals surface area contributed by atoms with E-state index < -0.39 is 23.7 Å². The number of esters is 1. The van der Waals surface area contributed by atoms with E-state index in [1.165, 1.54) is 6.08 Å². The lowest BCUT2D eigenvalue weighted by Crippen LogP contribution is -2.52. The largest absolute Gasteiger partial charge is 0.485 e. The Hall–Kier alpha value is -2.52. The average molecular weight is 300 g/mol. The number of carbonyl (C=O) groups excluding carboxylic acids is 1. The third-order valence-electron chi connectivity index (χ3n) is 3.88.